The Balaban J connectivity index is 1.68. The highest BCUT2D eigenvalue weighted by Gasteiger charge is 2.62. The quantitative estimate of drug-likeness (QED) is 0.805. The Labute approximate surface area is 167 Å². The van der Waals surface area contributed by atoms with Crippen molar-refractivity contribution >= 4 is 0 Å². The van der Waals surface area contributed by atoms with Crippen LogP contribution in [0.5, 0.6) is 0 Å². The van der Waals surface area contributed by atoms with Crippen molar-refractivity contribution in [1.82, 2.24) is 9.78 Å². The number of nitriles is 1. The molecule has 1 aromatic heterocycles. The van der Waals surface area contributed by atoms with Gasteiger partial charge in [0.2, 0.25) is 0 Å². The molecule has 3 aliphatic rings. The molecule has 28 heavy (non-hydrogen) atoms. The second-order valence-electron chi connectivity index (χ2n) is 9.50. The maximum atomic E-state index is 11.2. The van der Waals surface area contributed by atoms with Crippen LogP contribution in [0, 0.1) is 28.6 Å². The number of benzene rings is 1. The van der Waals surface area contributed by atoms with Crippen LogP contribution in [-0.2, 0) is 18.9 Å². The van der Waals surface area contributed by atoms with Crippen LogP contribution in [0.2, 0.25) is 0 Å². The lowest BCUT2D eigenvalue weighted by atomic mass is 9.47. The highest BCUT2D eigenvalue weighted by Crippen LogP contribution is 2.64. The number of nitrogens with zero attached hydrogens (tertiary/aromatic N) is 3. The summed E-state index contributed by atoms with van der Waals surface area (Å²) in [7, 11) is 2.05. The summed E-state index contributed by atoms with van der Waals surface area (Å²) < 4.78 is 2.04. The molecule has 2 fully saturated rings. The molecular weight excluding hydrogens is 346 g/mol. The van der Waals surface area contributed by atoms with Crippen molar-refractivity contribution in [3.63, 3.8) is 0 Å². The van der Waals surface area contributed by atoms with E-state index in [-0.39, 0.29) is 16.7 Å². The van der Waals surface area contributed by atoms with Gasteiger partial charge in [-0.05, 0) is 38.0 Å². The largest absolute Gasteiger partial charge is 0.391 e. The minimum atomic E-state index is -0.489. The van der Waals surface area contributed by atoms with Crippen LogP contribution in [-0.4, -0.2) is 21.0 Å². The lowest BCUT2D eigenvalue weighted by Gasteiger charge is -2.57. The van der Waals surface area contributed by atoms with Gasteiger partial charge in [0.15, 0.2) is 0 Å². The van der Waals surface area contributed by atoms with Gasteiger partial charge in [-0.25, -0.2) is 0 Å². The van der Waals surface area contributed by atoms with Gasteiger partial charge in [-0.2, -0.15) is 10.4 Å². The van der Waals surface area contributed by atoms with E-state index in [0.717, 1.165) is 32.1 Å². The first-order chi connectivity index (χ1) is 13.5. The maximum Gasteiger partial charge on any atom is 0.0757 e. The van der Waals surface area contributed by atoms with Gasteiger partial charge in [-0.1, -0.05) is 50.1 Å². The Kier molecular flexibility index (Phi) is 3.97. The number of hydrogen-bond donors (Lipinski definition) is 1. The molecule has 0 amide bonds. The number of hydrogen-bond acceptors (Lipinski definition) is 3. The van der Waals surface area contributed by atoms with E-state index < -0.39 is 6.10 Å². The van der Waals surface area contributed by atoms with E-state index in [1.165, 1.54) is 35.4 Å². The molecule has 1 heterocycles. The average molecular weight is 376 g/mol. The molecule has 146 valence electrons. The van der Waals surface area contributed by atoms with E-state index in [1.54, 1.807) is 0 Å². The molecule has 3 aliphatic carbocycles. The van der Waals surface area contributed by atoms with Gasteiger partial charge in [0.05, 0.1) is 29.5 Å². The van der Waals surface area contributed by atoms with Crippen molar-refractivity contribution in [2.24, 2.45) is 24.3 Å². The second kappa shape index (κ2) is 6.19. The zero-order valence-corrected chi connectivity index (χ0v) is 16.9. The molecule has 0 radical (unpaired) electrons. The molecule has 2 saturated carbocycles. The molecule has 5 rings (SSSR count). The van der Waals surface area contributed by atoms with Crippen LogP contribution >= 0.6 is 0 Å². The Morgan fingerprint density at radius 3 is 2.61 bits per heavy atom. The van der Waals surface area contributed by atoms with Crippen LogP contribution in [0.25, 0.3) is 11.3 Å². The number of aryl methyl sites for hydroxylation is 1. The Morgan fingerprint density at radius 1 is 1.21 bits per heavy atom. The first kappa shape index (κ1) is 17.9. The average Bonchev–Trinajstić information content (AvgIpc) is 3.31. The fourth-order valence-electron chi connectivity index (χ4n) is 7.12. The van der Waals surface area contributed by atoms with Gasteiger partial charge >= 0.3 is 0 Å². The molecule has 4 nitrogen and oxygen atoms in total. The van der Waals surface area contributed by atoms with Crippen LogP contribution in [0.15, 0.2) is 30.3 Å². The Hall–Kier alpha value is -2.12. The van der Waals surface area contributed by atoms with Gasteiger partial charge in [-0.15, -0.1) is 0 Å². The fourth-order valence-corrected chi connectivity index (χ4v) is 7.12. The molecule has 2 aromatic rings. The lowest BCUT2D eigenvalue weighted by molar-refractivity contribution is -0.113. The van der Waals surface area contributed by atoms with Crippen LogP contribution in [0.4, 0.5) is 0 Å². The molecule has 0 aliphatic heterocycles. The highest BCUT2D eigenvalue weighted by atomic mass is 16.3. The molecule has 1 N–H and O–H groups in total. The number of aliphatic hydroxyl groups excluding tert-OH is 1. The standard InChI is InChI=1S/C24H29N3O/c1-23-14-17(15-25)22(28)24(12-6-7-13-24)19(23)11-10-18-20(27(2)26-21(18)23)16-8-4-3-5-9-16/h3-5,8-9,17,19,22,28H,6-7,10-14H2,1-2H3/t17?,19-,22?,23+/m1/s1. The van der Waals surface area contributed by atoms with Crippen LogP contribution < -0.4 is 0 Å². The first-order valence-corrected chi connectivity index (χ1v) is 10.7. The van der Waals surface area contributed by atoms with Crippen molar-refractivity contribution < 1.29 is 5.11 Å². The molecule has 4 atom stereocenters. The maximum absolute atomic E-state index is 11.2. The van der Waals surface area contributed by atoms with E-state index in [9.17, 15) is 10.4 Å². The molecule has 0 bridgehead atoms. The van der Waals surface area contributed by atoms with Crippen LogP contribution in [0.1, 0.15) is 56.7 Å². The molecule has 1 spiro atoms. The van der Waals surface area contributed by atoms with Crippen molar-refractivity contribution in [3.05, 3.63) is 41.6 Å². The molecule has 1 aromatic carbocycles. The van der Waals surface area contributed by atoms with E-state index in [1.807, 2.05) is 17.8 Å². The van der Waals surface area contributed by atoms with Gasteiger partial charge in [0, 0.05) is 29.0 Å². The van der Waals surface area contributed by atoms with E-state index in [2.05, 4.69) is 37.3 Å². The second-order valence-corrected chi connectivity index (χ2v) is 9.50. The summed E-state index contributed by atoms with van der Waals surface area (Å²) in [6, 6.07) is 13.0. The van der Waals surface area contributed by atoms with E-state index >= 15 is 0 Å². The Morgan fingerprint density at radius 2 is 1.93 bits per heavy atom. The summed E-state index contributed by atoms with van der Waals surface area (Å²) >= 11 is 0. The normalized spacial score (nSPS) is 33.3. The number of fused-ring (bicyclic) bond motifs is 4. The molecule has 4 heteroatoms. The zero-order valence-electron chi connectivity index (χ0n) is 16.9. The minimum absolute atomic E-state index is 0.102. The van der Waals surface area contributed by atoms with Gasteiger partial charge < -0.3 is 5.11 Å². The van der Waals surface area contributed by atoms with Crippen molar-refractivity contribution in [1.29, 1.82) is 5.26 Å². The van der Waals surface area contributed by atoms with Crippen molar-refractivity contribution in [2.45, 2.75) is 63.4 Å². The summed E-state index contributed by atoms with van der Waals surface area (Å²) in [6.45, 7) is 2.33. The predicted octanol–water partition coefficient (Wildman–Crippen LogP) is 4.37. The Bertz CT molecular complexity index is 935. The number of aromatic nitrogens is 2. The summed E-state index contributed by atoms with van der Waals surface area (Å²) in [4.78, 5) is 0. The zero-order chi connectivity index (χ0) is 19.5. The third-order valence-electron chi connectivity index (χ3n) is 8.19. The highest BCUT2D eigenvalue weighted by molar-refractivity contribution is 5.66. The SMILES string of the molecule is Cn1nc2c(c1-c1ccccc1)CC[C@H]1C3(CCCC3)C(O)C(C#N)C[C@]21C. The smallest absolute Gasteiger partial charge is 0.0757 e. The summed E-state index contributed by atoms with van der Waals surface area (Å²) in [6.07, 6.45) is 6.79. The fraction of sp³-hybridized carbons (Fsp3) is 0.583. The molecular formula is C24H29N3O. The van der Waals surface area contributed by atoms with Crippen molar-refractivity contribution in [3.8, 4) is 17.3 Å². The first-order valence-electron chi connectivity index (χ1n) is 10.7. The third-order valence-corrected chi connectivity index (χ3v) is 8.19. The number of rotatable bonds is 1. The van der Waals surface area contributed by atoms with Gasteiger partial charge in [0.25, 0.3) is 0 Å². The monoisotopic (exact) mass is 375 g/mol. The summed E-state index contributed by atoms with van der Waals surface area (Å²) in [5, 5.41) is 26.1. The topological polar surface area (TPSA) is 61.8 Å². The third kappa shape index (κ3) is 2.23. The lowest BCUT2D eigenvalue weighted by Crippen LogP contribution is -2.58. The summed E-state index contributed by atoms with van der Waals surface area (Å²) in [5.41, 5.74) is 4.73. The number of aliphatic hydroxyl groups is 1. The van der Waals surface area contributed by atoms with Gasteiger partial charge in [0.1, 0.15) is 0 Å². The van der Waals surface area contributed by atoms with E-state index in [0.29, 0.717) is 5.92 Å². The van der Waals surface area contributed by atoms with Gasteiger partial charge in [-0.3, -0.25) is 4.68 Å². The molecule has 0 saturated heterocycles. The van der Waals surface area contributed by atoms with Crippen molar-refractivity contribution in [2.75, 3.05) is 0 Å². The summed E-state index contributed by atoms with van der Waals surface area (Å²) in [5.74, 6) is 0.112. The predicted molar refractivity (Wildman–Crippen MR) is 108 cm³/mol. The molecule has 2 unspecified atom stereocenters. The van der Waals surface area contributed by atoms with Crippen LogP contribution in [0.3, 0.4) is 0 Å². The minimum Gasteiger partial charge on any atom is -0.391 e. The van der Waals surface area contributed by atoms with E-state index in [4.69, 9.17) is 5.10 Å².